The van der Waals surface area contributed by atoms with Gasteiger partial charge in [0.1, 0.15) is 11.5 Å². The van der Waals surface area contributed by atoms with Gasteiger partial charge in [-0.1, -0.05) is 23.4 Å². The Morgan fingerprint density at radius 3 is 2.87 bits per heavy atom. The summed E-state index contributed by atoms with van der Waals surface area (Å²) in [6, 6.07) is 11.8. The normalized spacial score (nSPS) is 21.7. The van der Waals surface area contributed by atoms with Crippen LogP contribution in [0.3, 0.4) is 0 Å². The molecule has 1 saturated heterocycles. The first-order chi connectivity index (χ1) is 11.2. The third-order valence-corrected chi connectivity index (χ3v) is 4.25. The molecule has 0 unspecified atom stereocenters. The molecule has 5 nitrogen and oxygen atoms in total. The number of ether oxygens (including phenoxy) is 1. The van der Waals surface area contributed by atoms with Gasteiger partial charge in [-0.25, -0.2) is 0 Å². The molecule has 0 spiro atoms. The van der Waals surface area contributed by atoms with E-state index in [1.165, 1.54) is 0 Å². The number of benzene rings is 1. The van der Waals surface area contributed by atoms with Crippen molar-refractivity contribution >= 4 is 0 Å². The number of para-hydroxylation sites is 1. The lowest BCUT2D eigenvalue weighted by Gasteiger charge is -2.15. The van der Waals surface area contributed by atoms with Crippen LogP contribution in [0.15, 0.2) is 40.9 Å². The molecular weight excluding hydrogens is 292 g/mol. The smallest absolute Gasteiger partial charge is 0.137 e. The van der Waals surface area contributed by atoms with Gasteiger partial charge in [-0.3, -0.25) is 0 Å². The van der Waals surface area contributed by atoms with Crippen LogP contribution in [0, 0.1) is 12.8 Å². The number of rotatable bonds is 7. The molecule has 0 radical (unpaired) electrons. The van der Waals surface area contributed by atoms with Gasteiger partial charge >= 0.3 is 0 Å². The molecule has 0 bridgehead atoms. The Balaban J connectivity index is 1.38. The van der Waals surface area contributed by atoms with Crippen molar-refractivity contribution in [1.29, 1.82) is 0 Å². The Morgan fingerprint density at radius 2 is 2.13 bits per heavy atom. The van der Waals surface area contributed by atoms with Crippen molar-refractivity contribution < 1.29 is 14.4 Å². The van der Waals surface area contributed by atoms with E-state index in [1.807, 2.05) is 43.3 Å². The second-order valence-electron chi connectivity index (χ2n) is 6.24. The zero-order chi connectivity index (χ0) is 16.1. The van der Waals surface area contributed by atoms with Crippen LogP contribution in [0.1, 0.15) is 17.9 Å². The standard InChI is InChI=1S/C18H24N2O3/c1-14-10-17(23-19-14)11-15-12-20(13-18(15)21)8-5-9-22-16-6-3-2-4-7-16/h2-4,6-7,10,15,18,21H,5,8-9,11-13H2,1H3/t15-,18-/m1/s1. The molecule has 1 aromatic heterocycles. The molecule has 1 aromatic carbocycles. The molecule has 1 N–H and O–H groups in total. The van der Waals surface area contributed by atoms with Gasteiger partial charge in [0.2, 0.25) is 0 Å². The molecular formula is C18H24N2O3. The van der Waals surface area contributed by atoms with E-state index in [2.05, 4.69) is 10.1 Å². The quantitative estimate of drug-likeness (QED) is 0.794. The molecule has 2 aromatic rings. The fourth-order valence-corrected chi connectivity index (χ4v) is 3.09. The second kappa shape index (κ2) is 7.62. The number of β-amino-alcohol motifs (C(OH)–C–C–N with tert-alkyl or cyclic N) is 1. The highest BCUT2D eigenvalue weighted by molar-refractivity contribution is 5.20. The van der Waals surface area contributed by atoms with Crippen molar-refractivity contribution in [2.45, 2.75) is 25.9 Å². The number of nitrogens with zero attached hydrogens (tertiary/aromatic N) is 2. The summed E-state index contributed by atoms with van der Waals surface area (Å²) in [5.41, 5.74) is 0.891. The van der Waals surface area contributed by atoms with Gasteiger partial charge in [0.25, 0.3) is 0 Å². The van der Waals surface area contributed by atoms with E-state index in [0.717, 1.165) is 49.7 Å². The van der Waals surface area contributed by atoms with Gasteiger partial charge in [-0.15, -0.1) is 0 Å². The Labute approximate surface area is 136 Å². The van der Waals surface area contributed by atoms with Crippen LogP contribution < -0.4 is 4.74 Å². The Bertz CT molecular complexity index is 599. The predicted octanol–water partition coefficient (Wildman–Crippen LogP) is 2.29. The molecule has 2 atom stereocenters. The van der Waals surface area contributed by atoms with Gasteiger partial charge in [-0.2, -0.15) is 0 Å². The van der Waals surface area contributed by atoms with Gasteiger partial charge in [0.05, 0.1) is 18.4 Å². The lowest BCUT2D eigenvalue weighted by molar-refractivity contribution is 0.137. The number of aromatic nitrogens is 1. The summed E-state index contributed by atoms with van der Waals surface area (Å²) in [5.74, 6) is 1.99. The number of hydrogen-bond acceptors (Lipinski definition) is 5. The molecule has 124 valence electrons. The van der Waals surface area contributed by atoms with Gasteiger partial charge in [0.15, 0.2) is 0 Å². The van der Waals surface area contributed by atoms with Crippen LogP contribution in [0.4, 0.5) is 0 Å². The summed E-state index contributed by atoms with van der Waals surface area (Å²) in [6.45, 7) is 5.17. The first kappa shape index (κ1) is 16.0. The number of likely N-dealkylation sites (tertiary alicyclic amines) is 1. The second-order valence-corrected chi connectivity index (χ2v) is 6.24. The number of aliphatic hydroxyl groups is 1. The fraction of sp³-hybridized carbons (Fsp3) is 0.500. The van der Waals surface area contributed by atoms with Gasteiger partial charge < -0.3 is 19.3 Å². The minimum atomic E-state index is -0.296. The highest BCUT2D eigenvalue weighted by atomic mass is 16.5. The lowest BCUT2D eigenvalue weighted by atomic mass is 10.0. The summed E-state index contributed by atoms with van der Waals surface area (Å²) >= 11 is 0. The van der Waals surface area contributed by atoms with Crippen LogP contribution in [0.2, 0.25) is 0 Å². The summed E-state index contributed by atoms with van der Waals surface area (Å²) in [6.07, 6.45) is 1.41. The zero-order valence-electron chi connectivity index (χ0n) is 13.5. The van der Waals surface area contributed by atoms with E-state index in [9.17, 15) is 5.11 Å². The van der Waals surface area contributed by atoms with Crippen molar-refractivity contribution in [3.63, 3.8) is 0 Å². The predicted molar refractivity (Wildman–Crippen MR) is 87.4 cm³/mol. The Kier molecular flexibility index (Phi) is 5.31. The molecule has 0 saturated carbocycles. The van der Waals surface area contributed by atoms with E-state index < -0.39 is 0 Å². The van der Waals surface area contributed by atoms with Crippen LogP contribution in [0.25, 0.3) is 0 Å². The highest BCUT2D eigenvalue weighted by Gasteiger charge is 2.31. The van der Waals surface area contributed by atoms with E-state index >= 15 is 0 Å². The SMILES string of the molecule is Cc1cc(C[C@@H]2CN(CCCOc3ccccc3)C[C@H]2O)on1. The van der Waals surface area contributed by atoms with Crippen molar-refractivity contribution in [1.82, 2.24) is 10.1 Å². The first-order valence-electron chi connectivity index (χ1n) is 8.21. The molecule has 1 aliphatic rings. The molecule has 0 amide bonds. The van der Waals surface area contributed by atoms with Crippen molar-refractivity contribution in [2.24, 2.45) is 5.92 Å². The van der Waals surface area contributed by atoms with Crippen LogP contribution in [0.5, 0.6) is 5.75 Å². The molecule has 1 fully saturated rings. The van der Waals surface area contributed by atoms with Crippen LogP contribution in [-0.4, -0.2) is 47.5 Å². The largest absolute Gasteiger partial charge is 0.494 e. The third-order valence-electron chi connectivity index (χ3n) is 4.25. The maximum absolute atomic E-state index is 10.2. The van der Waals surface area contributed by atoms with E-state index in [-0.39, 0.29) is 12.0 Å². The molecule has 1 aliphatic heterocycles. The van der Waals surface area contributed by atoms with Crippen LogP contribution in [-0.2, 0) is 6.42 Å². The maximum atomic E-state index is 10.2. The topological polar surface area (TPSA) is 58.7 Å². The van der Waals surface area contributed by atoms with E-state index in [0.29, 0.717) is 6.61 Å². The maximum Gasteiger partial charge on any atom is 0.137 e. The third kappa shape index (κ3) is 4.56. The molecule has 0 aliphatic carbocycles. The number of hydrogen-bond donors (Lipinski definition) is 1. The van der Waals surface area contributed by atoms with Crippen LogP contribution >= 0.6 is 0 Å². The summed E-state index contributed by atoms with van der Waals surface area (Å²) in [4.78, 5) is 2.30. The minimum Gasteiger partial charge on any atom is -0.494 e. The average Bonchev–Trinajstić information content (AvgIpc) is 3.11. The Hall–Kier alpha value is -1.85. The monoisotopic (exact) mass is 316 g/mol. The lowest BCUT2D eigenvalue weighted by Crippen LogP contribution is -2.24. The van der Waals surface area contributed by atoms with E-state index in [1.54, 1.807) is 0 Å². The fourth-order valence-electron chi connectivity index (χ4n) is 3.09. The Morgan fingerprint density at radius 1 is 1.30 bits per heavy atom. The molecule has 3 rings (SSSR count). The summed E-state index contributed by atoms with van der Waals surface area (Å²) in [7, 11) is 0. The van der Waals surface area contributed by atoms with Crippen molar-refractivity contribution in [2.75, 3.05) is 26.2 Å². The number of aliphatic hydroxyl groups excluding tert-OH is 1. The molecule has 23 heavy (non-hydrogen) atoms. The highest BCUT2D eigenvalue weighted by Crippen LogP contribution is 2.22. The van der Waals surface area contributed by atoms with Crippen molar-refractivity contribution in [3.05, 3.63) is 47.9 Å². The summed E-state index contributed by atoms with van der Waals surface area (Å²) < 4.78 is 11.0. The van der Waals surface area contributed by atoms with Crippen molar-refractivity contribution in [3.8, 4) is 5.75 Å². The minimum absolute atomic E-state index is 0.220. The molecule has 2 heterocycles. The average molecular weight is 316 g/mol. The zero-order valence-corrected chi connectivity index (χ0v) is 13.5. The summed E-state index contributed by atoms with van der Waals surface area (Å²) in [5, 5.41) is 14.1. The van der Waals surface area contributed by atoms with Gasteiger partial charge in [0, 0.05) is 38.0 Å². The first-order valence-corrected chi connectivity index (χ1v) is 8.21. The van der Waals surface area contributed by atoms with E-state index in [4.69, 9.17) is 9.26 Å². The molecule has 5 heteroatoms. The number of aryl methyl sites for hydroxylation is 1. The van der Waals surface area contributed by atoms with Gasteiger partial charge in [-0.05, 0) is 25.5 Å².